The first-order chi connectivity index (χ1) is 15.6. The lowest BCUT2D eigenvalue weighted by molar-refractivity contribution is -0.137. The van der Waals surface area contributed by atoms with Crippen LogP contribution in [0.15, 0.2) is 29.2 Å². The number of benzene rings is 1. The van der Waals surface area contributed by atoms with E-state index in [-0.39, 0.29) is 57.1 Å². The molecule has 2 N–H and O–H groups in total. The van der Waals surface area contributed by atoms with Gasteiger partial charge in [-0.25, -0.2) is 13.2 Å². The molecule has 184 valence electrons. The molecule has 1 aromatic rings. The fourth-order valence-corrected chi connectivity index (χ4v) is 5.55. The van der Waals surface area contributed by atoms with Crippen molar-refractivity contribution in [3.8, 4) is 0 Å². The lowest BCUT2D eigenvalue weighted by Crippen LogP contribution is -2.51. The van der Waals surface area contributed by atoms with Crippen LogP contribution in [0.25, 0.3) is 0 Å². The molecule has 3 rings (SSSR count). The maximum atomic E-state index is 12.9. The van der Waals surface area contributed by atoms with Crippen LogP contribution in [0, 0.1) is 0 Å². The zero-order valence-corrected chi connectivity index (χ0v) is 19.1. The van der Waals surface area contributed by atoms with E-state index >= 15 is 0 Å². The average Bonchev–Trinajstić information content (AvgIpc) is 2.79. The third-order valence-corrected chi connectivity index (χ3v) is 7.85. The topological polar surface area (TPSA) is 98.8 Å². The molecule has 8 nitrogen and oxygen atoms in total. The van der Waals surface area contributed by atoms with Gasteiger partial charge in [0.2, 0.25) is 15.9 Å². The fourth-order valence-electron chi connectivity index (χ4n) is 4.08. The van der Waals surface area contributed by atoms with Crippen LogP contribution in [0.4, 0.5) is 18.0 Å². The lowest BCUT2D eigenvalue weighted by atomic mass is 9.96. The van der Waals surface area contributed by atoms with E-state index in [0.717, 1.165) is 48.2 Å². The van der Waals surface area contributed by atoms with Crippen molar-refractivity contribution in [2.24, 2.45) is 0 Å². The number of hydrogen-bond acceptors (Lipinski definition) is 4. The first kappa shape index (κ1) is 25.3. The summed E-state index contributed by atoms with van der Waals surface area (Å²) in [5, 5.41) is 5.58. The largest absolute Gasteiger partial charge is 0.416 e. The Bertz CT molecular complexity index is 941. The molecular formula is C21H29F3N4O4S. The molecular weight excluding hydrogens is 461 g/mol. The zero-order chi connectivity index (χ0) is 24.1. The summed E-state index contributed by atoms with van der Waals surface area (Å²) in [5.74, 6) is -0.218. The van der Waals surface area contributed by atoms with Crippen LogP contribution >= 0.6 is 0 Å². The molecule has 12 heteroatoms. The molecule has 0 atom stereocenters. The fraction of sp³-hybridized carbons (Fsp3) is 0.619. The minimum absolute atomic E-state index is 0.0140. The summed E-state index contributed by atoms with van der Waals surface area (Å²) in [5.41, 5.74) is -1.03. The van der Waals surface area contributed by atoms with Crippen molar-refractivity contribution in [3.63, 3.8) is 0 Å². The number of carbonyl (C=O) groups excluding carboxylic acids is 2. The number of urea groups is 1. The zero-order valence-electron chi connectivity index (χ0n) is 18.2. The third-order valence-electron chi connectivity index (χ3n) is 5.96. The van der Waals surface area contributed by atoms with E-state index < -0.39 is 26.7 Å². The minimum Gasteiger partial charge on any atom is -0.340 e. The van der Waals surface area contributed by atoms with Gasteiger partial charge in [0, 0.05) is 45.2 Å². The highest BCUT2D eigenvalue weighted by Gasteiger charge is 2.34. The summed E-state index contributed by atoms with van der Waals surface area (Å²) in [6.45, 7) is 0.399. The van der Waals surface area contributed by atoms with Gasteiger partial charge in [0.05, 0.1) is 10.5 Å². The lowest BCUT2D eigenvalue weighted by Gasteiger charge is -2.34. The minimum atomic E-state index is -4.64. The number of carbonyl (C=O) groups is 2. The molecule has 0 unspecified atom stereocenters. The highest BCUT2D eigenvalue weighted by molar-refractivity contribution is 7.89. The first-order valence-electron chi connectivity index (χ1n) is 11.1. The summed E-state index contributed by atoms with van der Waals surface area (Å²) >= 11 is 0. The number of hydrogen-bond donors (Lipinski definition) is 2. The van der Waals surface area contributed by atoms with Crippen LogP contribution < -0.4 is 10.6 Å². The molecule has 1 aromatic carbocycles. The summed E-state index contributed by atoms with van der Waals surface area (Å²) < 4.78 is 65.4. The second-order valence-electron chi connectivity index (χ2n) is 8.30. The highest BCUT2D eigenvalue weighted by atomic mass is 32.2. The van der Waals surface area contributed by atoms with Crippen LogP contribution in [-0.2, 0) is 21.0 Å². The Balaban J connectivity index is 1.45. The van der Waals surface area contributed by atoms with Crippen LogP contribution in [0.2, 0.25) is 0 Å². The number of piperazine rings is 1. The Kier molecular flexibility index (Phi) is 8.22. The normalized spacial score (nSPS) is 18.7. The van der Waals surface area contributed by atoms with E-state index in [2.05, 4.69) is 10.6 Å². The van der Waals surface area contributed by atoms with Gasteiger partial charge in [0.1, 0.15) is 0 Å². The Morgan fingerprint density at radius 1 is 1.03 bits per heavy atom. The smallest absolute Gasteiger partial charge is 0.340 e. The molecule has 3 amide bonds. The Morgan fingerprint density at radius 3 is 2.33 bits per heavy atom. The van der Waals surface area contributed by atoms with E-state index in [0.29, 0.717) is 6.07 Å². The first-order valence-corrected chi connectivity index (χ1v) is 12.5. The average molecular weight is 491 g/mol. The number of alkyl halides is 3. The molecule has 2 aliphatic rings. The number of halogens is 3. The standard InChI is InChI=1S/C21H29F3N4O4S/c22-21(23,24)16-5-4-8-18(15-16)33(31,32)28-13-11-27(12-14-28)19(29)9-10-25-20(30)26-17-6-2-1-3-7-17/h4-5,8,15,17H,1-3,6-7,9-14H2,(H2,25,26,30). The van der Waals surface area contributed by atoms with Crippen molar-refractivity contribution in [1.29, 1.82) is 0 Å². The van der Waals surface area contributed by atoms with Gasteiger partial charge in [0.25, 0.3) is 0 Å². The molecule has 0 radical (unpaired) electrons. The predicted octanol–water partition coefficient (Wildman–Crippen LogP) is 2.56. The van der Waals surface area contributed by atoms with Crippen molar-refractivity contribution in [1.82, 2.24) is 19.8 Å². The van der Waals surface area contributed by atoms with Crippen molar-refractivity contribution >= 4 is 22.0 Å². The summed E-state index contributed by atoms with van der Waals surface area (Å²) in [7, 11) is -4.11. The van der Waals surface area contributed by atoms with Crippen molar-refractivity contribution in [3.05, 3.63) is 29.8 Å². The maximum absolute atomic E-state index is 12.9. The SMILES string of the molecule is O=C(NCCC(=O)N1CCN(S(=O)(=O)c2cccc(C(F)(F)F)c2)CC1)NC1CCCCC1. The quantitative estimate of drug-likeness (QED) is 0.640. The van der Waals surface area contributed by atoms with E-state index in [1.807, 2.05) is 0 Å². The third kappa shape index (κ3) is 6.83. The molecule has 0 aromatic heterocycles. The Labute approximate surface area is 191 Å². The van der Waals surface area contributed by atoms with Crippen molar-refractivity contribution in [2.75, 3.05) is 32.7 Å². The molecule has 1 saturated heterocycles. The van der Waals surface area contributed by atoms with E-state index in [9.17, 15) is 31.2 Å². The van der Waals surface area contributed by atoms with Gasteiger partial charge < -0.3 is 15.5 Å². The predicted molar refractivity (Wildman–Crippen MR) is 115 cm³/mol. The second kappa shape index (κ2) is 10.7. The van der Waals surface area contributed by atoms with Gasteiger partial charge in [-0.1, -0.05) is 25.3 Å². The molecule has 33 heavy (non-hydrogen) atoms. The van der Waals surface area contributed by atoms with Gasteiger partial charge in [-0.2, -0.15) is 17.5 Å². The van der Waals surface area contributed by atoms with E-state index in [1.165, 1.54) is 11.3 Å². The van der Waals surface area contributed by atoms with E-state index in [4.69, 9.17) is 0 Å². The summed E-state index contributed by atoms with van der Waals surface area (Å²) in [4.78, 5) is 25.4. The number of nitrogens with one attached hydrogen (secondary N) is 2. The highest BCUT2D eigenvalue weighted by Crippen LogP contribution is 2.31. The van der Waals surface area contributed by atoms with Gasteiger partial charge in [0.15, 0.2) is 0 Å². The van der Waals surface area contributed by atoms with Crippen LogP contribution in [0.1, 0.15) is 44.1 Å². The maximum Gasteiger partial charge on any atom is 0.416 e. The van der Waals surface area contributed by atoms with Crippen LogP contribution in [-0.4, -0.2) is 68.3 Å². The summed E-state index contributed by atoms with van der Waals surface area (Å²) in [6.07, 6.45) is 0.733. The molecule has 2 fully saturated rings. The van der Waals surface area contributed by atoms with Crippen LogP contribution in [0.3, 0.4) is 0 Å². The molecule has 0 spiro atoms. The van der Waals surface area contributed by atoms with Crippen molar-refractivity contribution < 1.29 is 31.2 Å². The van der Waals surface area contributed by atoms with Gasteiger partial charge in [-0.3, -0.25) is 4.79 Å². The molecule has 1 saturated carbocycles. The molecule has 1 heterocycles. The van der Waals surface area contributed by atoms with Gasteiger partial charge in [-0.05, 0) is 31.0 Å². The second-order valence-corrected chi connectivity index (χ2v) is 10.2. The number of rotatable bonds is 6. The summed E-state index contributed by atoms with van der Waals surface area (Å²) in [6, 6.07) is 3.50. The monoisotopic (exact) mass is 490 g/mol. The van der Waals surface area contributed by atoms with Crippen LogP contribution in [0.5, 0.6) is 0 Å². The molecule has 1 aliphatic carbocycles. The molecule has 0 bridgehead atoms. The number of sulfonamides is 1. The van der Waals surface area contributed by atoms with Gasteiger partial charge >= 0.3 is 12.2 Å². The van der Waals surface area contributed by atoms with E-state index in [1.54, 1.807) is 0 Å². The number of nitrogens with zero attached hydrogens (tertiary/aromatic N) is 2. The Morgan fingerprint density at radius 2 is 1.70 bits per heavy atom. The number of amides is 3. The van der Waals surface area contributed by atoms with Crippen molar-refractivity contribution in [2.45, 2.75) is 55.6 Å². The Hall–Kier alpha value is -2.34. The van der Waals surface area contributed by atoms with Gasteiger partial charge in [-0.15, -0.1) is 0 Å². The molecule has 1 aliphatic heterocycles.